The zero-order valence-corrected chi connectivity index (χ0v) is 25.6. The number of carbonyl (C=O) groups excluding carboxylic acids is 1. The van der Waals surface area contributed by atoms with Crippen molar-refractivity contribution >= 4 is 11.6 Å². The number of alkyl halides is 4. The maximum Gasteiger partial charge on any atom is 0.322 e. The fraction of sp³-hybridized carbons (Fsp3) is 0.559. The van der Waals surface area contributed by atoms with Crippen molar-refractivity contribution < 1.29 is 36.0 Å². The van der Waals surface area contributed by atoms with Crippen LogP contribution in [0.1, 0.15) is 89.8 Å². The molecule has 7 rings (SSSR count). The minimum absolute atomic E-state index is 0.0909. The quantitative estimate of drug-likeness (QED) is 0.221. The van der Waals surface area contributed by atoms with E-state index in [0.29, 0.717) is 80.1 Å². The summed E-state index contributed by atoms with van der Waals surface area (Å²) in [5, 5.41) is 3.93. The molecule has 0 atom stereocenters. The monoisotopic (exact) mass is 631 g/mol. The maximum absolute atomic E-state index is 15.2. The molecule has 242 valence electrons. The number of carbonyl (C=O) groups is 1. The van der Waals surface area contributed by atoms with Crippen molar-refractivity contribution in [1.82, 2.24) is 10.1 Å². The van der Waals surface area contributed by atoms with E-state index in [-0.39, 0.29) is 37.0 Å². The van der Waals surface area contributed by atoms with Crippen LogP contribution in [0.15, 0.2) is 47.0 Å². The summed E-state index contributed by atoms with van der Waals surface area (Å²) in [5.41, 5.74) is 0.735. The van der Waals surface area contributed by atoms with Gasteiger partial charge in [-0.1, -0.05) is 17.3 Å². The Balaban J connectivity index is 1.28. The minimum Gasteiger partial charge on any atom is -0.494 e. The molecule has 1 heterocycles. The van der Waals surface area contributed by atoms with Crippen molar-refractivity contribution in [3.05, 3.63) is 60.0 Å². The largest absolute Gasteiger partial charge is 0.494 e. The number of benzene rings is 2. The first-order chi connectivity index (χ1) is 21.3. The number of ether oxygens (including phenoxy) is 1. The van der Waals surface area contributed by atoms with Crippen LogP contribution in [0, 0.1) is 17.2 Å². The average molecular weight is 632 g/mol. The molecule has 0 N–H and O–H groups in total. The molecule has 0 radical (unpaired) electrons. The third-order valence-electron chi connectivity index (χ3n) is 10.2. The highest BCUT2D eigenvalue weighted by molar-refractivity contribution is 5.96. The van der Waals surface area contributed by atoms with Gasteiger partial charge in [0.25, 0.3) is 5.89 Å². The van der Waals surface area contributed by atoms with E-state index in [0.717, 1.165) is 6.92 Å². The van der Waals surface area contributed by atoms with Crippen molar-refractivity contribution in [2.24, 2.45) is 11.3 Å². The van der Waals surface area contributed by atoms with Crippen LogP contribution in [-0.2, 0) is 16.1 Å². The third kappa shape index (κ3) is 6.31. The molecule has 2 bridgehead atoms. The summed E-state index contributed by atoms with van der Waals surface area (Å²) in [6, 6.07) is 11.7. The van der Waals surface area contributed by atoms with Crippen LogP contribution in [0.2, 0.25) is 0 Å². The van der Waals surface area contributed by atoms with Gasteiger partial charge in [0, 0.05) is 48.9 Å². The van der Waals surface area contributed by atoms with Crippen molar-refractivity contribution in [3.8, 4) is 16.9 Å². The summed E-state index contributed by atoms with van der Waals surface area (Å²) < 4.78 is 81.3. The first-order valence-electron chi connectivity index (χ1n) is 15.8. The van der Waals surface area contributed by atoms with Gasteiger partial charge < -0.3 is 14.2 Å². The molecule has 1 aromatic heterocycles. The van der Waals surface area contributed by atoms with Crippen LogP contribution >= 0.6 is 0 Å². The van der Waals surface area contributed by atoms with E-state index in [1.54, 1.807) is 41.3 Å². The van der Waals surface area contributed by atoms with Gasteiger partial charge in [-0.05, 0) is 99.6 Å². The second kappa shape index (κ2) is 11.7. The normalized spacial score (nSPS) is 24.9. The highest BCUT2D eigenvalue weighted by atomic mass is 19.3. The van der Waals surface area contributed by atoms with Gasteiger partial charge in [-0.3, -0.25) is 4.79 Å². The topological polar surface area (TPSA) is 68.5 Å². The number of hydrogen-bond donors (Lipinski definition) is 0. The Morgan fingerprint density at radius 2 is 1.64 bits per heavy atom. The number of aromatic nitrogens is 2. The standard InChI is InChI=1S/C34H38F5N3O3/c1-3-44-25-7-4-22(5-8-25)26-20-24(6-9-27(26)35)42(28(43)23-10-12-34(38,39)13-11-23)21-32-14-17-33(18-15-32,19-16-32)29-40-30(45-41-29)31(2,36)37/h4-9,20,23H,3,10-19,21H2,1-2H3. The first kappa shape index (κ1) is 31.5. The Morgan fingerprint density at radius 3 is 2.22 bits per heavy atom. The second-order valence-corrected chi connectivity index (χ2v) is 13.3. The lowest BCUT2D eigenvalue weighted by Gasteiger charge is -2.53. The number of amides is 1. The molecule has 4 saturated carbocycles. The molecule has 0 saturated heterocycles. The number of hydrogen-bond acceptors (Lipinski definition) is 5. The number of anilines is 1. The summed E-state index contributed by atoms with van der Waals surface area (Å²) in [6.07, 6.45) is 3.58. The molecule has 4 aliphatic carbocycles. The second-order valence-electron chi connectivity index (χ2n) is 13.3. The summed E-state index contributed by atoms with van der Waals surface area (Å²) >= 11 is 0. The molecule has 4 aliphatic rings. The van der Waals surface area contributed by atoms with Crippen molar-refractivity contribution in [1.29, 1.82) is 0 Å². The molecular weight excluding hydrogens is 593 g/mol. The molecule has 2 aromatic carbocycles. The molecular formula is C34H38F5N3O3. The van der Waals surface area contributed by atoms with Crippen LogP contribution < -0.4 is 9.64 Å². The van der Waals surface area contributed by atoms with Crippen molar-refractivity contribution in [3.63, 3.8) is 0 Å². The average Bonchev–Trinajstić information content (AvgIpc) is 3.54. The Morgan fingerprint density at radius 1 is 1.00 bits per heavy atom. The molecule has 6 nitrogen and oxygen atoms in total. The van der Waals surface area contributed by atoms with Gasteiger partial charge in [-0.2, -0.15) is 13.8 Å². The van der Waals surface area contributed by atoms with Gasteiger partial charge >= 0.3 is 5.92 Å². The van der Waals surface area contributed by atoms with E-state index in [1.165, 1.54) is 6.07 Å². The van der Waals surface area contributed by atoms with E-state index in [2.05, 4.69) is 10.1 Å². The summed E-state index contributed by atoms with van der Waals surface area (Å²) in [5.74, 6) is -6.94. The fourth-order valence-corrected chi connectivity index (χ4v) is 7.39. The fourth-order valence-electron chi connectivity index (χ4n) is 7.39. The number of rotatable bonds is 9. The predicted molar refractivity (Wildman–Crippen MR) is 158 cm³/mol. The van der Waals surface area contributed by atoms with Gasteiger partial charge in [-0.25, -0.2) is 13.2 Å². The molecule has 45 heavy (non-hydrogen) atoms. The molecule has 0 spiro atoms. The van der Waals surface area contributed by atoms with Crippen LogP contribution in [0.25, 0.3) is 11.1 Å². The van der Waals surface area contributed by atoms with E-state index in [9.17, 15) is 22.4 Å². The smallest absolute Gasteiger partial charge is 0.322 e. The van der Waals surface area contributed by atoms with Crippen molar-refractivity contribution in [2.45, 2.75) is 95.3 Å². The summed E-state index contributed by atoms with van der Waals surface area (Å²) in [6.45, 7) is 3.46. The maximum atomic E-state index is 15.2. The third-order valence-corrected chi connectivity index (χ3v) is 10.2. The number of halogens is 5. The van der Waals surface area contributed by atoms with Gasteiger partial charge in [0.15, 0.2) is 5.82 Å². The van der Waals surface area contributed by atoms with E-state index in [1.807, 2.05) is 6.92 Å². The highest BCUT2D eigenvalue weighted by Gasteiger charge is 2.53. The molecule has 3 aromatic rings. The molecule has 4 fully saturated rings. The Hall–Kier alpha value is -3.50. The van der Waals surface area contributed by atoms with E-state index < -0.39 is 34.9 Å². The van der Waals surface area contributed by atoms with Gasteiger partial charge in [-0.15, -0.1) is 0 Å². The Bertz CT molecular complexity index is 1500. The van der Waals surface area contributed by atoms with Gasteiger partial charge in [0.1, 0.15) is 11.6 Å². The van der Waals surface area contributed by atoms with Crippen LogP contribution in [0.4, 0.5) is 27.6 Å². The molecule has 0 unspecified atom stereocenters. The highest BCUT2D eigenvalue weighted by Crippen LogP contribution is 2.58. The van der Waals surface area contributed by atoms with Gasteiger partial charge in [0.2, 0.25) is 11.8 Å². The van der Waals surface area contributed by atoms with Gasteiger partial charge in [0.05, 0.1) is 6.61 Å². The zero-order chi connectivity index (χ0) is 32.0. The van der Waals surface area contributed by atoms with Crippen LogP contribution in [0.3, 0.4) is 0 Å². The van der Waals surface area contributed by atoms with Crippen LogP contribution in [0.5, 0.6) is 5.75 Å². The lowest BCUT2D eigenvalue weighted by Crippen LogP contribution is -2.52. The Kier molecular flexibility index (Phi) is 8.18. The predicted octanol–water partition coefficient (Wildman–Crippen LogP) is 8.84. The van der Waals surface area contributed by atoms with Crippen LogP contribution in [-0.4, -0.2) is 35.1 Å². The Labute approximate surface area is 259 Å². The van der Waals surface area contributed by atoms with E-state index in [4.69, 9.17) is 9.26 Å². The van der Waals surface area contributed by atoms with E-state index >= 15 is 4.39 Å². The lowest BCUT2D eigenvalue weighted by molar-refractivity contribution is -0.127. The summed E-state index contributed by atoms with van der Waals surface area (Å²) in [7, 11) is 0. The number of fused-ring (bicyclic) bond motifs is 3. The lowest BCUT2D eigenvalue weighted by atomic mass is 9.53. The summed E-state index contributed by atoms with van der Waals surface area (Å²) in [4.78, 5) is 19.9. The molecule has 1 amide bonds. The molecule has 11 heteroatoms. The SMILES string of the molecule is CCOc1ccc(-c2cc(N(CC34CCC(c5noc(C(C)(F)F)n5)(CC3)CC4)C(=O)C3CCC(F)(F)CC3)ccc2F)cc1. The zero-order valence-electron chi connectivity index (χ0n) is 25.6. The first-order valence-corrected chi connectivity index (χ1v) is 15.8. The minimum atomic E-state index is -3.22. The number of nitrogens with zero attached hydrogens (tertiary/aromatic N) is 3. The molecule has 0 aliphatic heterocycles. The van der Waals surface area contributed by atoms with Crippen molar-refractivity contribution in [2.75, 3.05) is 18.1 Å².